The van der Waals surface area contributed by atoms with Gasteiger partial charge in [-0.1, -0.05) is 146 Å². The SMILES string of the molecule is N=C/C(=C\N)c1ccc(-c2cccc3c(-c4ccc(C5=NC(c6ccccc6)NC(c6ccccc6)=N5)cc4)cccc23)cc1. The summed E-state index contributed by atoms with van der Waals surface area (Å²) in [4.78, 5) is 9.97. The number of hydrogen-bond acceptors (Lipinski definition) is 5. The Morgan fingerprint density at radius 2 is 1.16 bits per heavy atom. The number of hydrogen-bond donors (Lipinski definition) is 3. The van der Waals surface area contributed by atoms with Crippen molar-refractivity contribution in [3.8, 4) is 22.3 Å². The van der Waals surface area contributed by atoms with Crippen molar-refractivity contribution in [2.75, 3.05) is 0 Å². The van der Waals surface area contributed by atoms with Gasteiger partial charge in [-0.15, -0.1) is 0 Å². The summed E-state index contributed by atoms with van der Waals surface area (Å²) in [5.74, 6) is 1.51. The molecule has 0 aromatic heterocycles. The number of nitrogens with two attached hydrogens (primary N) is 1. The van der Waals surface area contributed by atoms with Gasteiger partial charge in [-0.25, -0.2) is 9.98 Å². The summed E-state index contributed by atoms with van der Waals surface area (Å²) in [5, 5.41) is 13.5. The molecule has 6 aromatic rings. The van der Waals surface area contributed by atoms with E-state index in [0.29, 0.717) is 11.4 Å². The molecular weight excluding hydrogens is 550 g/mol. The van der Waals surface area contributed by atoms with Crippen molar-refractivity contribution in [1.29, 1.82) is 5.41 Å². The summed E-state index contributed by atoms with van der Waals surface area (Å²) >= 11 is 0. The first-order valence-electron chi connectivity index (χ1n) is 14.9. The van der Waals surface area contributed by atoms with Crippen LogP contribution in [-0.4, -0.2) is 17.9 Å². The Balaban J connectivity index is 1.24. The van der Waals surface area contributed by atoms with Crippen LogP contribution in [0.5, 0.6) is 0 Å². The second kappa shape index (κ2) is 12.3. The fourth-order valence-electron chi connectivity index (χ4n) is 5.81. The van der Waals surface area contributed by atoms with Crippen molar-refractivity contribution in [3.05, 3.63) is 174 Å². The van der Waals surface area contributed by atoms with Gasteiger partial charge < -0.3 is 16.5 Å². The van der Waals surface area contributed by atoms with Gasteiger partial charge in [0.2, 0.25) is 0 Å². The Kier molecular flexibility index (Phi) is 7.57. The molecule has 0 bridgehead atoms. The van der Waals surface area contributed by atoms with Gasteiger partial charge >= 0.3 is 0 Å². The molecule has 0 saturated heterocycles. The van der Waals surface area contributed by atoms with Gasteiger partial charge in [-0.05, 0) is 44.2 Å². The van der Waals surface area contributed by atoms with E-state index in [-0.39, 0.29) is 6.17 Å². The number of nitrogens with zero attached hydrogens (tertiary/aromatic N) is 2. The summed E-state index contributed by atoms with van der Waals surface area (Å²) in [6, 6.07) is 50.1. The zero-order valence-corrected chi connectivity index (χ0v) is 24.6. The molecule has 0 saturated carbocycles. The predicted octanol–water partition coefficient (Wildman–Crippen LogP) is 8.62. The van der Waals surface area contributed by atoms with E-state index < -0.39 is 0 Å². The minimum atomic E-state index is -0.234. The minimum absolute atomic E-state index is 0.234. The first kappa shape index (κ1) is 27.7. The van der Waals surface area contributed by atoms with E-state index in [4.69, 9.17) is 21.1 Å². The Bertz CT molecular complexity index is 2080. The van der Waals surface area contributed by atoms with Gasteiger partial charge in [0.15, 0.2) is 5.84 Å². The van der Waals surface area contributed by atoms with Gasteiger partial charge in [-0.2, -0.15) is 0 Å². The van der Waals surface area contributed by atoms with Crippen molar-refractivity contribution >= 4 is 34.2 Å². The van der Waals surface area contributed by atoms with Gasteiger partial charge in [0.1, 0.15) is 12.0 Å². The minimum Gasteiger partial charge on any atom is -0.404 e. The molecule has 1 unspecified atom stereocenters. The van der Waals surface area contributed by atoms with Crippen LogP contribution in [-0.2, 0) is 0 Å². The lowest BCUT2D eigenvalue weighted by Gasteiger charge is -2.23. The van der Waals surface area contributed by atoms with Crippen LogP contribution in [0.15, 0.2) is 162 Å². The molecule has 0 fully saturated rings. The van der Waals surface area contributed by atoms with Crippen molar-refractivity contribution in [3.63, 3.8) is 0 Å². The van der Waals surface area contributed by atoms with E-state index in [1.54, 1.807) is 0 Å². The predicted molar refractivity (Wildman–Crippen MR) is 188 cm³/mol. The number of amidine groups is 2. The fourth-order valence-corrected chi connectivity index (χ4v) is 5.81. The highest BCUT2D eigenvalue weighted by molar-refractivity contribution is 6.13. The van der Waals surface area contributed by atoms with Gasteiger partial charge in [0.25, 0.3) is 0 Å². The van der Waals surface area contributed by atoms with Gasteiger partial charge in [0.05, 0.1) is 0 Å². The number of allylic oxidation sites excluding steroid dienone is 1. The molecule has 7 rings (SSSR count). The highest BCUT2D eigenvalue weighted by Crippen LogP contribution is 2.35. The quantitative estimate of drug-likeness (QED) is 0.165. The van der Waals surface area contributed by atoms with Crippen LogP contribution in [0, 0.1) is 5.41 Å². The molecule has 5 heteroatoms. The normalized spacial score (nSPS) is 14.8. The van der Waals surface area contributed by atoms with Crippen molar-refractivity contribution in [2.24, 2.45) is 15.7 Å². The molecule has 1 heterocycles. The maximum absolute atomic E-state index is 7.60. The third kappa shape index (κ3) is 5.55. The largest absolute Gasteiger partial charge is 0.404 e. The second-order valence-electron chi connectivity index (χ2n) is 10.9. The Hall–Kier alpha value is -6.07. The molecule has 45 heavy (non-hydrogen) atoms. The summed E-state index contributed by atoms with van der Waals surface area (Å²) in [7, 11) is 0. The number of benzene rings is 6. The molecule has 0 aliphatic carbocycles. The monoisotopic (exact) mass is 581 g/mol. The second-order valence-corrected chi connectivity index (χ2v) is 10.9. The van der Waals surface area contributed by atoms with Crippen molar-refractivity contribution < 1.29 is 0 Å². The lowest BCUT2D eigenvalue weighted by molar-refractivity contribution is 0.674. The summed E-state index contributed by atoms with van der Waals surface area (Å²) in [6.07, 6.45) is 2.51. The molecule has 1 atom stereocenters. The van der Waals surface area contributed by atoms with Crippen LogP contribution in [0.2, 0.25) is 0 Å². The summed E-state index contributed by atoms with van der Waals surface area (Å²) < 4.78 is 0. The van der Waals surface area contributed by atoms with Crippen LogP contribution >= 0.6 is 0 Å². The number of rotatable bonds is 7. The smallest absolute Gasteiger partial charge is 0.159 e. The molecule has 1 aliphatic heterocycles. The Morgan fingerprint density at radius 1 is 0.600 bits per heavy atom. The third-order valence-electron chi connectivity index (χ3n) is 8.15. The van der Waals surface area contributed by atoms with Gasteiger partial charge in [0, 0.05) is 29.1 Å². The van der Waals surface area contributed by atoms with E-state index in [9.17, 15) is 0 Å². The molecule has 1 aliphatic rings. The van der Waals surface area contributed by atoms with Crippen LogP contribution < -0.4 is 11.1 Å². The maximum Gasteiger partial charge on any atom is 0.159 e. The number of aliphatic imine (C=N–C) groups is 2. The highest BCUT2D eigenvalue weighted by Gasteiger charge is 2.21. The molecular formula is C40H31N5. The van der Waals surface area contributed by atoms with Crippen LogP contribution in [0.1, 0.15) is 28.4 Å². The average molecular weight is 582 g/mol. The molecule has 0 amide bonds. The van der Waals surface area contributed by atoms with E-state index >= 15 is 0 Å². The molecule has 216 valence electrons. The van der Waals surface area contributed by atoms with E-state index in [2.05, 4.69) is 102 Å². The lowest BCUT2D eigenvalue weighted by Crippen LogP contribution is -2.33. The van der Waals surface area contributed by atoms with Crippen LogP contribution in [0.3, 0.4) is 0 Å². The molecule has 6 aromatic carbocycles. The van der Waals surface area contributed by atoms with Crippen molar-refractivity contribution in [1.82, 2.24) is 5.32 Å². The average Bonchev–Trinajstić information content (AvgIpc) is 3.12. The standard InChI is InChI=1S/C40H31N5/c41-25-33(26-42)27-17-19-28(20-18-27)34-13-7-16-37-35(14-8-15-36(34)37)29-21-23-32(24-22-29)40-44-38(30-9-3-1-4-10-30)43-39(45-40)31-11-5-2-6-12-31/h1-26,38,41H,42H2,(H,43,44,45)/b33-26+,41-25?. The Morgan fingerprint density at radius 3 is 1.73 bits per heavy atom. The van der Waals surface area contributed by atoms with E-state index in [0.717, 1.165) is 50.3 Å². The summed E-state index contributed by atoms with van der Waals surface area (Å²) in [6.45, 7) is 0. The molecule has 4 N–H and O–H groups in total. The Labute approximate surface area is 262 Å². The summed E-state index contributed by atoms with van der Waals surface area (Å²) in [5.41, 5.74) is 14.9. The number of fused-ring (bicyclic) bond motifs is 1. The van der Waals surface area contributed by atoms with Gasteiger partial charge in [-0.3, -0.25) is 0 Å². The van der Waals surface area contributed by atoms with Crippen molar-refractivity contribution in [2.45, 2.75) is 6.17 Å². The molecule has 0 radical (unpaired) electrons. The van der Waals surface area contributed by atoms with E-state index in [1.807, 2.05) is 48.5 Å². The van der Waals surface area contributed by atoms with E-state index in [1.165, 1.54) is 23.2 Å². The lowest BCUT2D eigenvalue weighted by atomic mass is 9.92. The highest BCUT2D eigenvalue weighted by atomic mass is 15.2. The topological polar surface area (TPSA) is 86.6 Å². The van der Waals surface area contributed by atoms with Crippen LogP contribution in [0.25, 0.3) is 38.6 Å². The first-order valence-corrected chi connectivity index (χ1v) is 14.9. The maximum atomic E-state index is 7.60. The molecule has 0 spiro atoms. The molecule has 5 nitrogen and oxygen atoms in total. The third-order valence-corrected chi connectivity index (χ3v) is 8.15. The van der Waals surface area contributed by atoms with Crippen LogP contribution in [0.4, 0.5) is 0 Å². The zero-order chi connectivity index (χ0) is 30.6. The first-order chi connectivity index (χ1) is 22.2. The fraction of sp³-hybridized carbons (Fsp3) is 0.0250. The number of nitrogens with one attached hydrogen (secondary N) is 2. The zero-order valence-electron chi connectivity index (χ0n) is 24.6.